The van der Waals surface area contributed by atoms with Gasteiger partial charge in [0.15, 0.2) is 0 Å². The van der Waals surface area contributed by atoms with Crippen molar-refractivity contribution in [3.8, 4) is 0 Å². The quantitative estimate of drug-likeness (QED) is 0.334. The summed E-state index contributed by atoms with van der Waals surface area (Å²) in [6.07, 6.45) is 0. The van der Waals surface area contributed by atoms with Crippen LogP contribution in [0.15, 0.2) is 24.3 Å². The number of amides is 1. The Labute approximate surface area is 116 Å². The van der Waals surface area contributed by atoms with E-state index in [1.807, 2.05) is 0 Å². The molecule has 1 unspecified atom stereocenters. The number of benzene rings is 1. The van der Waals surface area contributed by atoms with Gasteiger partial charge in [0, 0.05) is 0 Å². The molecule has 1 amide bonds. The molecule has 0 aliphatic heterocycles. The van der Waals surface area contributed by atoms with Crippen LogP contribution in [0, 0.1) is 0 Å². The first-order chi connectivity index (χ1) is 8.53. The van der Waals surface area contributed by atoms with Crippen LogP contribution in [0.3, 0.4) is 0 Å². The topological polar surface area (TPSA) is 84.9 Å². The van der Waals surface area contributed by atoms with E-state index in [4.69, 9.17) is 8.98 Å². The maximum absolute atomic E-state index is 12.3. The van der Waals surface area contributed by atoms with E-state index in [-0.39, 0.29) is 16.9 Å². The molecule has 0 saturated carbocycles. The number of carbonyl (C=O) groups is 1. The molecular weight excluding hydrogens is 369 g/mol. The van der Waals surface area contributed by atoms with Crippen molar-refractivity contribution in [2.45, 2.75) is 6.92 Å². The molecule has 6 nitrogen and oxygen atoms in total. The SMILES string of the molecule is CC(=O)Nc1ccccc1[As](=O)(OO)OCCBr. The van der Waals surface area contributed by atoms with Gasteiger partial charge in [0.25, 0.3) is 0 Å². The third-order valence-electron chi connectivity index (χ3n) is 1.96. The first kappa shape index (κ1) is 15.5. The molecule has 0 radical (unpaired) electrons. The van der Waals surface area contributed by atoms with Gasteiger partial charge in [0.2, 0.25) is 0 Å². The van der Waals surface area contributed by atoms with Gasteiger partial charge in [-0.25, -0.2) is 0 Å². The van der Waals surface area contributed by atoms with Gasteiger partial charge in [0.05, 0.1) is 0 Å². The fraction of sp³-hybridized carbons (Fsp3) is 0.300. The molecule has 0 spiro atoms. The van der Waals surface area contributed by atoms with E-state index >= 15 is 0 Å². The van der Waals surface area contributed by atoms with Crippen LogP contribution in [0.5, 0.6) is 0 Å². The second kappa shape index (κ2) is 7.11. The van der Waals surface area contributed by atoms with Crippen molar-refractivity contribution >= 4 is 46.0 Å². The first-order valence-corrected chi connectivity index (χ1v) is 9.40. The summed E-state index contributed by atoms with van der Waals surface area (Å²) < 4.78 is 21.7. The number of carbonyl (C=O) groups excluding carboxylic acids is 1. The summed E-state index contributed by atoms with van der Waals surface area (Å²) in [7, 11) is 0. The van der Waals surface area contributed by atoms with E-state index in [1.165, 1.54) is 13.0 Å². The third kappa shape index (κ3) is 3.96. The Morgan fingerprint density at radius 2 is 2.17 bits per heavy atom. The van der Waals surface area contributed by atoms with Gasteiger partial charge < -0.3 is 0 Å². The minimum atomic E-state index is -4.55. The predicted octanol–water partition coefficient (Wildman–Crippen LogP) is 1.12. The fourth-order valence-corrected chi connectivity index (χ4v) is 4.73. The zero-order valence-electron chi connectivity index (χ0n) is 9.63. The molecule has 0 saturated heterocycles. The Kier molecular flexibility index (Phi) is 6.11. The average molecular weight is 382 g/mol. The van der Waals surface area contributed by atoms with Crippen molar-refractivity contribution in [2.75, 3.05) is 17.3 Å². The van der Waals surface area contributed by atoms with Crippen LogP contribution in [0.1, 0.15) is 6.92 Å². The first-order valence-electron chi connectivity index (χ1n) is 5.04. The molecule has 1 rings (SSSR count). The second-order valence-electron chi connectivity index (χ2n) is 3.30. The van der Waals surface area contributed by atoms with Crippen molar-refractivity contribution < 1.29 is 21.4 Å². The van der Waals surface area contributed by atoms with Gasteiger partial charge >= 0.3 is 116 Å². The van der Waals surface area contributed by atoms with Gasteiger partial charge in [-0.15, -0.1) is 0 Å². The molecule has 0 fully saturated rings. The number of halogens is 1. The molecule has 0 heterocycles. The Bertz CT molecular complexity index is 467. The summed E-state index contributed by atoms with van der Waals surface area (Å²) in [6, 6.07) is 6.32. The van der Waals surface area contributed by atoms with E-state index in [0.717, 1.165) is 0 Å². The number of hydrogen-bond acceptors (Lipinski definition) is 5. The van der Waals surface area contributed by atoms with Crippen LogP contribution in [0.4, 0.5) is 5.69 Å². The van der Waals surface area contributed by atoms with Gasteiger partial charge in [0.1, 0.15) is 0 Å². The van der Waals surface area contributed by atoms with E-state index < -0.39 is 14.2 Å². The van der Waals surface area contributed by atoms with Crippen molar-refractivity contribution in [3.05, 3.63) is 24.3 Å². The van der Waals surface area contributed by atoms with E-state index in [9.17, 15) is 8.53 Å². The molecular formula is C10H13AsBrNO5. The Morgan fingerprint density at radius 1 is 1.50 bits per heavy atom. The molecule has 1 aromatic carbocycles. The molecule has 2 N–H and O–H groups in total. The Balaban J connectivity index is 3.12. The standard InChI is InChI=1S/C10H13AsBrNO5/c1-8(14)13-10-5-3-2-4-9(10)11(15,18-16)17-7-6-12/h2-5,16H,6-7H2,1H3,(H,13,14). The van der Waals surface area contributed by atoms with Gasteiger partial charge in [-0.1, -0.05) is 0 Å². The van der Waals surface area contributed by atoms with E-state index in [2.05, 4.69) is 25.1 Å². The molecule has 0 aliphatic carbocycles. The van der Waals surface area contributed by atoms with Crippen LogP contribution in [0.2, 0.25) is 0 Å². The molecule has 0 aliphatic rings. The maximum atomic E-state index is 12.3. The normalized spacial score (nSPS) is 13.9. The number of rotatable bonds is 6. The summed E-state index contributed by atoms with van der Waals surface area (Å²) in [5.41, 5.74) is 0.302. The number of alkyl halides is 1. The van der Waals surface area contributed by atoms with Crippen molar-refractivity contribution in [2.24, 2.45) is 0 Å². The number of nitrogens with one attached hydrogen (secondary N) is 1. The summed E-state index contributed by atoms with van der Waals surface area (Å²) in [5.74, 6) is -0.317. The van der Waals surface area contributed by atoms with Crippen LogP contribution < -0.4 is 9.67 Å². The van der Waals surface area contributed by atoms with Crippen molar-refractivity contribution in [1.82, 2.24) is 0 Å². The average Bonchev–Trinajstić information content (AvgIpc) is 2.36. The summed E-state index contributed by atoms with van der Waals surface area (Å²) >= 11 is -1.43. The Morgan fingerprint density at radius 3 is 2.72 bits per heavy atom. The third-order valence-corrected chi connectivity index (χ3v) is 5.88. The molecule has 8 heteroatoms. The minimum absolute atomic E-state index is 0.117. The van der Waals surface area contributed by atoms with Crippen LogP contribution in [0.25, 0.3) is 0 Å². The zero-order chi connectivity index (χ0) is 13.6. The summed E-state index contributed by atoms with van der Waals surface area (Å²) in [4.78, 5) is 11.0. The van der Waals surface area contributed by atoms with Gasteiger partial charge in [-0.05, 0) is 0 Å². The number of hydrogen-bond donors (Lipinski definition) is 2. The Hall–Kier alpha value is -0.592. The summed E-state index contributed by atoms with van der Waals surface area (Å²) in [5, 5.41) is 11.8. The molecule has 1 atom stereocenters. The molecule has 18 heavy (non-hydrogen) atoms. The summed E-state index contributed by atoms with van der Waals surface area (Å²) in [6.45, 7) is 1.44. The van der Waals surface area contributed by atoms with Gasteiger partial charge in [-0.2, -0.15) is 0 Å². The van der Waals surface area contributed by atoms with Crippen LogP contribution >= 0.6 is 15.9 Å². The van der Waals surface area contributed by atoms with E-state index in [0.29, 0.717) is 11.0 Å². The fourth-order valence-electron chi connectivity index (χ4n) is 1.30. The predicted molar refractivity (Wildman–Crippen MR) is 70.3 cm³/mol. The van der Waals surface area contributed by atoms with Crippen LogP contribution in [-0.4, -0.2) is 37.3 Å². The van der Waals surface area contributed by atoms with Crippen molar-refractivity contribution in [3.63, 3.8) is 0 Å². The second-order valence-corrected chi connectivity index (χ2v) is 8.08. The van der Waals surface area contributed by atoms with Crippen molar-refractivity contribution in [1.29, 1.82) is 0 Å². The molecule has 0 bridgehead atoms. The van der Waals surface area contributed by atoms with Gasteiger partial charge in [-0.3, -0.25) is 0 Å². The van der Waals surface area contributed by atoms with E-state index in [1.54, 1.807) is 18.2 Å². The van der Waals surface area contributed by atoms with Crippen LogP contribution in [-0.2, 0) is 16.1 Å². The number of para-hydroxylation sites is 1. The number of anilines is 1. The monoisotopic (exact) mass is 381 g/mol. The molecule has 0 aromatic heterocycles. The zero-order valence-corrected chi connectivity index (χ0v) is 13.1. The molecule has 1 aromatic rings. The molecule has 100 valence electrons.